The SMILES string of the molecule is Cc1ncc(C(=O)NC[C@@H]2CCO[C@H]2c2ccccc2)c(C)n1. The lowest BCUT2D eigenvalue weighted by Gasteiger charge is -2.19. The van der Waals surface area contributed by atoms with Crippen molar-refractivity contribution in [2.45, 2.75) is 26.4 Å². The van der Waals surface area contributed by atoms with E-state index in [0.717, 1.165) is 13.0 Å². The standard InChI is InChI=1S/C18H21N3O2/c1-12-16(11-19-13(2)21-12)18(22)20-10-15-8-9-23-17(15)14-6-4-3-5-7-14/h3-7,11,15,17H,8-10H2,1-2H3,(H,20,22)/t15-,17-/m0/s1. The van der Waals surface area contributed by atoms with Gasteiger partial charge < -0.3 is 10.1 Å². The third-order valence-corrected chi connectivity index (χ3v) is 4.21. The molecule has 2 aromatic rings. The van der Waals surface area contributed by atoms with Crippen LogP contribution in [-0.2, 0) is 4.74 Å². The number of hydrogen-bond donors (Lipinski definition) is 1. The summed E-state index contributed by atoms with van der Waals surface area (Å²) >= 11 is 0. The van der Waals surface area contributed by atoms with Crippen LogP contribution in [0.3, 0.4) is 0 Å². The molecule has 0 bridgehead atoms. The van der Waals surface area contributed by atoms with Crippen molar-refractivity contribution >= 4 is 5.91 Å². The Morgan fingerprint density at radius 1 is 1.30 bits per heavy atom. The fourth-order valence-corrected chi connectivity index (χ4v) is 2.98. The lowest BCUT2D eigenvalue weighted by Crippen LogP contribution is -2.31. The molecule has 120 valence electrons. The first kappa shape index (κ1) is 15.6. The minimum atomic E-state index is -0.124. The average Bonchev–Trinajstić information content (AvgIpc) is 3.02. The van der Waals surface area contributed by atoms with Crippen LogP contribution in [-0.4, -0.2) is 29.0 Å². The predicted molar refractivity (Wildman–Crippen MR) is 87.1 cm³/mol. The summed E-state index contributed by atoms with van der Waals surface area (Å²) in [5.74, 6) is 0.835. The Bertz CT molecular complexity index is 688. The number of ether oxygens (including phenoxy) is 1. The lowest BCUT2D eigenvalue weighted by molar-refractivity contribution is 0.0845. The molecule has 5 nitrogen and oxygen atoms in total. The zero-order valence-corrected chi connectivity index (χ0v) is 13.5. The highest BCUT2D eigenvalue weighted by molar-refractivity contribution is 5.94. The molecule has 0 aliphatic carbocycles. The van der Waals surface area contributed by atoms with Crippen molar-refractivity contribution in [3.63, 3.8) is 0 Å². The van der Waals surface area contributed by atoms with Gasteiger partial charge in [0, 0.05) is 25.3 Å². The van der Waals surface area contributed by atoms with Crippen LogP contribution in [0.25, 0.3) is 0 Å². The van der Waals surface area contributed by atoms with E-state index in [2.05, 4.69) is 27.4 Å². The van der Waals surface area contributed by atoms with Crippen LogP contribution in [0.5, 0.6) is 0 Å². The minimum Gasteiger partial charge on any atom is -0.373 e. The highest BCUT2D eigenvalue weighted by Crippen LogP contribution is 2.33. The van der Waals surface area contributed by atoms with E-state index in [1.54, 1.807) is 6.20 Å². The molecule has 1 aromatic heterocycles. The third kappa shape index (κ3) is 3.56. The second-order valence-corrected chi connectivity index (χ2v) is 5.88. The molecule has 1 aromatic carbocycles. The Morgan fingerprint density at radius 3 is 2.83 bits per heavy atom. The van der Waals surface area contributed by atoms with Gasteiger partial charge in [-0.1, -0.05) is 30.3 Å². The first-order valence-corrected chi connectivity index (χ1v) is 7.90. The monoisotopic (exact) mass is 311 g/mol. The number of benzene rings is 1. The molecule has 0 spiro atoms. The first-order chi connectivity index (χ1) is 11.1. The van der Waals surface area contributed by atoms with Crippen LogP contribution < -0.4 is 5.32 Å². The van der Waals surface area contributed by atoms with Crippen LogP contribution in [0.15, 0.2) is 36.5 Å². The molecule has 1 saturated heterocycles. The molecule has 0 radical (unpaired) electrons. The first-order valence-electron chi connectivity index (χ1n) is 7.90. The Morgan fingerprint density at radius 2 is 2.09 bits per heavy atom. The number of carbonyl (C=O) groups is 1. The van der Waals surface area contributed by atoms with Gasteiger partial charge in [-0.3, -0.25) is 4.79 Å². The van der Waals surface area contributed by atoms with Crippen LogP contribution in [0.2, 0.25) is 0 Å². The summed E-state index contributed by atoms with van der Waals surface area (Å²) in [6, 6.07) is 10.2. The Balaban J connectivity index is 1.64. The molecule has 1 aliphatic rings. The van der Waals surface area contributed by atoms with Gasteiger partial charge in [-0.2, -0.15) is 0 Å². The molecule has 3 rings (SSSR count). The summed E-state index contributed by atoms with van der Waals surface area (Å²) in [4.78, 5) is 20.7. The van der Waals surface area contributed by atoms with Gasteiger partial charge in [0.1, 0.15) is 5.82 Å². The maximum Gasteiger partial charge on any atom is 0.254 e. The fourth-order valence-electron chi connectivity index (χ4n) is 2.98. The van der Waals surface area contributed by atoms with Crippen molar-refractivity contribution in [3.05, 3.63) is 59.2 Å². The molecule has 2 atom stereocenters. The van der Waals surface area contributed by atoms with E-state index in [1.807, 2.05) is 32.0 Å². The number of nitrogens with zero attached hydrogens (tertiary/aromatic N) is 2. The fraction of sp³-hybridized carbons (Fsp3) is 0.389. The van der Waals surface area contributed by atoms with Crippen LogP contribution in [0, 0.1) is 19.8 Å². The summed E-state index contributed by atoms with van der Waals surface area (Å²) in [6.45, 7) is 4.96. The number of aromatic nitrogens is 2. The topological polar surface area (TPSA) is 64.1 Å². The van der Waals surface area contributed by atoms with E-state index in [0.29, 0.717) is 23.6 Å². The van der Waals surface area contributed by atoms with Crippen molar-refractivity contribution in [1.29, 1.82) is 0 Å². The molecule has 0 unspecified atom stereocenters. The second kappa shape index (κ2) is 6.87. The average molecular weight is 311 g/mol. The molecule has 1 N–H and O–H groups in total. The summed E-state index contributed by atoms with van der Waals surface area (Å²) in [5, 5.41) is 3.00. The van der Waals surface area contributed by atoms with Gasteiger partial charge in [0.25, 0.3) is 5.91 Å². The van der Waals surface area contributed by atoms with E-state index < -0.39 is 0 Å². The number of amides is 1. The van der Waals surface area contributed by atoms with E-state index in [1.165, 1.54) is 5.56 Å². The highest BCUT2D eigenvalue weighted by Gasteiger charge is 2.29. The van der Waals surface area contributed by atoms with Crippen molar-refractivity contribution in [2.75, 3.05) is 13.2 Å². The van der Waals surface area contributed by atoms with Crippen molar-refractivity contribution < 1.29 is 9.53 Å². The van der Waals surface area contributed by atoms with Crippen molar-refractivity contribution in [1.82, 2.24) is 15.3 Å². The zero-order valence-electron chi connectivity index (χ0n) is 13.5. The number of carbonyl (C=O) groups excluding carboxylic acids is 1. The van der Waals surface area contributed by atoms with E-state index in [9.17, 15) is 4.79 Å². The van der Waals surface area contributed by atoms with Crippen molar-refractivity contribution in [3.8, 4) is 0 Å². The van der Waals surface area contributed by atoms with E-state index >= 15 is 0 Å². The van der Waals surface area contributed by atoms with Gasteiger partial charge in [-0.05, 0) is 25.8 Å². The molecular weight excluding hydrogens is 290 g/mol. The van der Waals surface area contributed by atoms with Gasteiger partial charge in [0.15, 0.2) is 0 Å². The molecular formula is C18H21N3O2. The summed E-state index contributed by atoms with van der Waals surface area (Å²) < 4.78 is 5.85. The largest absolute Gasteiger partial charge is 0.373 e. The molecule has 1 fully saturated rings. The van der Waals surface area contributed by atoms with Gasteiger partial charge in [-0.15, -0.1) is 0 Å². The molecule has 1 amide bonds. The molecule has 23 heavy (non-hydrogen) atoms. The normalized spacial score (nSPS) is 20.4. The Kier molecular flexibility index (Phi) is 4.67. The zero-order chi connectivity index (χ0) is 16.2. The lowest BCUT2D eigenvalue weighted by atomic mass is 9.95. The number of nitrogens with one attached hydrogen (secondary N) is 1. The van der Waals surface area contributed by atoms with Gasteiger partial charge in [0.05, 0.1) is 17.4 Å². The quantitative estimate of drug-likeness (QED) is 0.942. The van der Waals surface area contributed by atoms with E-state index in [4.69, 9.17) is 4.74 Å². The molecule has 5 heteroatoms. The molecule has 2 heterocycles. The summed E-state index contributed by atoms with van der Waals surface area (Å²) in [5.41, 5.74) is 2.40. The smallest absolute Gasteiger partial charge is 0.254 e. The number of aryl methyl sites for hydroxylation is 2. The van der Waals surface area contributed by atoms with Crippen LogP contribution in [0.1, 0.15) is 40.0 Å². The van der Waals surface area contributed by atoms with Gasteiger partial charge in [-0.25, -0.2) is 9.97 Å². The number of rotatable bonds is 4. The van der Waals surface area contributed by atoms with Crippen LogP contribution >= 0.6 is 0 Å². The summed E-state index contributed by atoms with van der Waals surface area (Å²) in [7, 11) is 0. The van der Waals surface area contributed by atoms with E-state index in [-0.39, 0.29) is 17.9 Å². The second-order valence-electron chi connectivity index (χ2n) is 5.88. The maximum atomic E-state index is 12.3. The highest BCUT2D eigenvalue weighted by atomic mass is 16.5. The molecule has 0 saturated carbocycles. The van der Waals surface area contributed by atoms with Crippen LogP contribution in [0.4, 0.5) is 0 Å². The Labute approximate surface area is 136 Å². The maximum absolute atomic E-state index is 12.3. The van der Waals surface area contributed by atoms with Gasteiger partial charge in [0.2, 0.25) is 0 Å². The predicted octanol–water partition coefficient (Wildman–Crippen LogP) is 2.60. The number of hydrogen-bond acceptors (Lipinski definition) is 4. The Hall–Kier alpha value is -2.27. The minimum absolute atomic E-state index is 0.0480. The third-order valence-electron chi connectivity index (χ3n) is 4.21. The van der Waals surface area contributed by atoms with Gasteiger partial charge >= 0.3 is 0 Å². The van der Waals surface area contributed by atoms with Crippen molar-refractivity contribution in [2.24, 2.45) is 5.92 Å². The molecule has 1 aliphatic heterocycles. The summed E-state index contributed by atoms with van der Waals surface area (Å²) in [6.07, 6.45) is 2.59.